The van der Waals surface area contributed by atoms with Crippen molar-refractivity contribution in [1.82, 2.24) is 15.2 Å². The Kier molecular flexibility index (Phi) is 4.22. The van der Waals surface area contributed by atoms with Crippen LogP contribution in [0.2, 0.25) is 0 Å². The number of nitrogen functional groups attached to an aromatic ring is 1. The number of nitrogens with zero attached hydrogens (tertiary/aromatic N) is 2. The first-order valence-electron chi connectivity index (χ1n) is 6.76. The van der Waals surface area contributed by atoms with E-state index >= 15 is 0 Å². The van der Waals surface area contributed by atoms with E-state index in [2.05, 4.69) is 10.3 Å². The van der Waals surface area contributed by atoms with Crippen LogP contribution < -0.4 is 11.1 Å². The third-order valence-corrected chi connectivity index (χ3v) is 3.53. The summed E-state index contributed by atoms with van der Waals surface area (Å²) in [5.41, 5.74) is 7.43. The Morgan fingerprint density at radius 1 is 1.40 bits per heavy atom. The first-order valence-corrected chi connectivity index (χ1v) is 6.76. The van der Waals surface area contributed by atoms with Gasteiger partial charge in [0.2, 0.25) is 5.91 Å². The SMILES string of the molecule is CC(=O)NC1CCN(C(=O)c2cc(N)cnc2C)CC1. The average Bonchev–Trinajstić information content (AvgIpc) is 2.41. The largest absolute Gasteiger partial charge is 0.397 e. The smallest absolute Gasteiger partial charge is 0.255 e. The Morgan fingerprint density at radius 2 is 2.05 bits per heavy atom. The highest BCUT2D eigenvalue weighted by Crippen LogP contribution is 2.17. The molecule has 0 atom stereocenters. The van der Waals surface area contributed by atoms with Crippen LogP contribution in [0.5, 0.6) is 0 Å². The molecule has 6 nitrogen and oxygen atoms in total. The second kappa shape index (κ2) is 5.90. The molecule has 6 heteroatoms. The van der Waals surface area contributed by atoms with E-state index in [1.165, 1.54) is 6.92 Å². The number of pyridine rings is 1. The number of carbonyl (C=O) groups is 2. The van der Waals surface area contributed by atoms with Crippen molar-refractivity contribution in [2.45, 2.75) is 32.7 Å². The fourth-order valence-corrected chi connectivity index (χ4v) is 2.45. The lowest BCUT2D eigenvalue weighted by Gasteiger charge is -2.32. The van der Waals surface area contributed by atoms with Crippen LogP contribution in [0, 0.1) is 6.92 Å². The van der Waals surface area contributed by atoms with E-state index in [1.54, 1.807) is 24.1 Å². The fourth-order valence-electron chi connectivity index (χ4n) is 2.45. The van der Waals surface area contributed by atoms with Crippen molar-refractivity contribution in [3.05, 3.63) is 23.5 Å². The van der Waals surface area contributed by atoms with Crippen LogP contribution >= 0.6 is 0 Å². The third kappa shape index (κ3) is 3.26. The number of aromatic nitrogens is 1. The fraction of sp³-hybridized carbons (Fsp3) is 0.500. The van der Waals surface area contributed by atoms with Gasteiger partial charge in [-0.1, -0.05) is 0 Å². The molecule has 2 rings (SSSR count). The number of hydrogen-bond donors (Lipinski definition) is 2. The summed E-state index contributed by atoms with van der Waals surface area (Å²) in [5.74, 6) is -0.0609. The molecule has 0 spiro atoms. The van der Waals surface area contributed by atoms with Gasteiger partial charge in [-0.25, -0.2) is 0 Å². The van der Waals surface area contributed by atoms with E-state index in [9.17, 15) is 9.59 Å². The van der Waals surface area contributed by atoms with Crippen molar-refractivity contribution in [3.63, 3.8) is 0 Å². The van der Waals surface area contributed by atoms with Gasteiger partial charge in [0.25, 0.3) is 5.91 Å². The summed E-state index contributed by atoms with van der Waals surface area (Å²) < 4.78 is 0. The summed E-state index contributed by atoms with van der Waals surface area (Å²) in [4.78, 5) is 29.4. The lowest BCUT2D eigenvalue weighted by atomic mass is 10.0. The molecule has 0 bridgehead atoms. The van der Waals surface area contributed by atoms with Gasteiger partial charge in [-0.05, 0) is 25.8 Å². The minimum absolute atomic E-state index is 0.0225. The van der Waals surface area contributed by atoms with Crippen molar-refractivity contribution < 1.29 is 9.59 Å². The first kappa shape index (κ1) is 14.3. The van der Waals surface area contributed by atoms with Crippen molar-refractivity contribution >= 4 is 17.5 Å². The highest BCUT2D eigenvalue weighted by atomic mass is 16.2. The number of amides is 2. The normalized spacial score (nSPS) is 16.0. The molecule has 3 N–H and O–H groups in total. The molecule has 1 aromatic rings. The molecular formula is C14H20N4O2. The number of nitrogens with one attached hydrogen (secondary N) is 1. The molecule has 1 aliphatic rings. The number of anilines is 1. The van der Waals surface area contributed by atoms with E-state index in [4.69, 9.17) is 5.73 Å². The maximum absolute atomic E-state index is 12.4. The summed E-state index contributed by atoms with van der Waals surface area (Å²) in [6.07, 6.45) is 3.11. The number of nitrogens with two attached hydrogens (primary N) is 1. The van der Waals surface area contributed by atoms with Crippen molar-refractivity contribution in [2.24, 2.45) is 0 Å². The molecule has 108 valence electrons. The molecule has 0 aliphatic carbocycles. The van der Waals surface area contributed by atoms with E-state index in [0.717, 1.165) is 12.8 Å². The number of hydrogen-bond acceptors (Lipinski definition) is 4. The Labute approximate surface area is 118 Å². The van der Waals surface area contributed by atoms with Gasteiger partial charge in [0.15, 0.2) is 0 Å². The second-order valence-corrected chi connectivity index (χ2v) is 5.17. The van der Waals surface area contributed by atoms with Crippen LogP contribution in [0.4, 0.5) is 5.69 Å². The molecule has 2 amide bonds. The maximum Gasteiger partial charge on any atom is 0.255 e. The molecule has 0 aromatic carbocycles. The molecule has 1 aromatic heterocycles. The van der Waals surface area contributed by atoms with Gasteiger partial charge in [-0.15, -0.1) is 0 Å². The number of likely N-dealkylation sites (tertiary alicyclic amines) is 1. The lowest BCUT2D eigenvalue weighted by Crippen LogP contribution is -2.46. The van der Waals surface area contributed by atoms with Gasteiger partial charge in [0.05, 0.1) is 23.1 Å². The van der Waals surface area contributed by atoms with Crippen LogP contribution in [-0.2, 0) is 4.79 Å². The Morgan fingerprint density at radius 3 is 2.65 bits per heavy atom. The van der Waals surface area contributed by atoms with Gasteiger partial charge in [0.1, 0.15) is 0 Å². The van der Waals surface area contributed by atoms with Gasteiger partial charge < -0.3 is 16.0 Å². The zero-order valence-corrected chi connectivity index (χ0v) is 11.8. The molecule has 1 aliphatic heterocycles. The molecule has 1 fully saturated rings. The van der Waals surface area contributed by atoms with Crippen LogP contribution in [0.3, 0.4) is 0 Å². The zero-order chi connectivity index (χ0) is 14.7. The summed E-state index contributed by atoms with van der Waals surface area (Å²) in [5, 5.41) is 2.89. The maximum atomic E-state index is 12.4. The Balaban J connectivity index is 2.01. The molecular weight excluding hydrogens is 256 g/mol. The lowest BCUT2D eigenvalue weighted by molar-refractivity contribution is -0.119. The van der Waals surface area contributed by atoms with Crippen LogP contribution in [0.1, 0.15) is 35.8 Å². The van der Waals surface area contributed by atoms with E-state index in [-0.39, 0.29) is 17.9 Å². The molecule has 0 radical (unpaired) electrons. The molecule has 20 heavy (non-hydrogen) atoms. The predicted octanol–water partition coefficient (Wildman–Crippen LogP) is 0.713. The quantitative estimate of drug-likeness (QED) is 0.832. The number of piperidine rings is 1. The minimum atomic E-state index is -0.0384. The number of aryl methyl sites for hydroxylation is 1. The number of carbonyl (C=O) groups excluding carboxylic acids is 2. The minimum Gasteiger partial charge on any atom is -0.397 e. The van der Waals surface area contributed by atoms with E-state index in [0.29, 0.717) is 30.0 Å². The van der Waals surface area contributed by atoms with Gasteiger partial charge in [-0.2, -0.15) is 0 Å². The topological polar surface area (TPSA) is 88.3 Å². The Hall–Kier alpha value is -2.11. The Bertz CT molecular complexity index is 522. The van der Waals surface area contributed by atoms with E-state index < -0.39 is 0 Å². The van der Waals surface area contributed by atoms with Crippen molar-refractivity contribution in [1.29, 1.82) is 0 Å². The van der Waals surface area contributed by atoms with Crippen LogP contribution in [-0.4, -0.2) is 40.8 Å². The molecule has 1 saturated heterocycles. The average molecular weight is 276 g/mol. The van der Waals surface area contributed by atoms with Crippen molar-refractivity contribution in [3.8, 4) is 0 Å². The van der Waals surface area contributed by atoms with Gasteiger partial charge in [-0.3, -0.25) is 14.6 Å². The summed E-state index contributed by atoms with van der Waals surface area (Å²) >= 11 is 0. The second-order valence-electron chi connectivity index (χ2n) is 5.17. The highest BCUT2D eigenvalue weighted by Gasteiger charge is 2.25. The van der Waals surface area contributed by atoms with E-state index in [1.807, 2.05) is 0 Å². The standard InChI is InChI=1S/C14H20N4O2/c1-9-13(7-11(15)8-16-9)14(20)18-5-3-12(4-6-18)17-10(2)19/h7-8,12H,3-6,15H2,1-2H3,(H,17,19). The van der Waals surface area contributed by atoms with Gasteiger partial charge in [0, 0.05) is 26.1 Å². The summed E-state index contributed by atoms with van der Waals surface area (Å²) in [6.45, 7) is 4.59. The van der Waals surface area contributed by atoms with Crippen molar-refractivity contribution in [2.75, 3.05) is 18.8 Å². The monoisotopic (exact) mass is 276 g/mol. The molecule has 2 heterocycles. The molecule has 0 unspecified atom stereocenters. The highest BCUT2D eigenvalue weighted by molar-refractivity contribution is 5.96. The van der Waals surface area contributed by atoms with Crippen LogP contribution in [0.15, 0.2) is 12.3 Å². The third-order valence-electron chi connectivity index (χ3n) is 3.53. The first-order chi connectivity index (χ1) is 9.47. The van der Waals surface area contributed by atoms with Gasteiger partial charge >= 0.3 is 0 Å². The number of rotatable bonds is 2. The zero-order valence-electron chi connectivity index (χ0n) is 11.8. The van der Waals surface area contributed by atoms with Crippen LogP contribution in [0.25, 0.3) is 0 Å². The molecule has 0 saturated carbocycles. The summed E-state index contributed by atoms with van der Waals surface area (Å²) in [7, 11) is 0. The predicted molar refractivity (Wildman–Crippen MR) is 76.1 cm³/mol. The summed E-state index contributed by atoms with van der Waals surface area (Å²) in [6, 6.07) is 1.83.